The van der Waals surface area contributed by atoms with Crippen LogP contribution < -0.4 is 10.6 Å². The van der Waals surface area contributed by atoms with Crippen molar-refractivity contribution >= 4 is 80.5 Å². The lowest BCUT2D eigenvalue weighted by molar-refractivity contribution is -0.138. The molecule has 2 fully saturated rings. The van der Waals surface area contributed by atoms with E-state index in [1.165, 1.54) is 22.3 Å². The van der Waals surface area contributed by atoms with Gasteiger partial charge in [-0.1, -0.05) is 23.2 Å². The Hall–Kier alpha value is -3.35. The number of fused-ring (bicyclic) bond motifs is 1. The van der Waals surface area contributed by atoms with Crippen molar-refractivity contribution in [1.82, 2.24) is 20.4 Å². The Bertz CT molecular complexity index is 1500. The van der Waals surface area contributed by atoms with Crippen LogP contribution in [0, 0.1) is 5.92 Å². The van der Waals surface area contributed by atoms with Crippen LogP contribution in [0.4, 0.5) is 4.79 Å². The van der Waals surface area contributed by atoms with Gasteiger partial charge in [0.25, 0.3) is 0 Å². The second kappa shape index (κ2) is 15.5. The van der Waals surface area contributed by atoms with Gasteiger partial charge in [-0.15, -0.1) is 11.3 Å². The number of benzene rings is 1. The summed E-state index contributed by atoms with van der Waals surface area (Å²) in [6, 6.07) is 2.21. The van der Waals surface area contributed by atoms with Crippen LogP contribution in [0.5, 0.6) is 0 Å². The third kappa shape index (κ3) is 9.36. The van der Waals surface area contributed by atoms with Gasteiger partial charge in [0, 0.05) is 38.2 Å². The van der Waals surface area contributed by atoms with Gasteiger partial charge in [0.05, 0.1) is 27.2 Å². The van der Waals surface area contributed by atoms with Gasteiger partial charge in [-0.3, -0.25) is 24.1 Å². The van der Waals surface area contributed by atoms with Crippen LogP contribution in [0.25, 0.3) is 16.2 Å². The molecule has 0 radical (unpaired) electrons. The summed E-state index contributed by atoms with van der Waals surface area (Å²) in [6.45, 7) is 6.23. The zero-order chi connectivity index (χ0) is 33.6. The smallest absolute Gasteiger partial charge is 0.410 e. The van der Waals surface area contributed by atoms with Gasteiger partial charge in [0.2, 0.25) is 17.7 Å². The highest BCUT2D eigenvalue weighted by Gasteiger charge is 2.35. The molecule has 3 N–H and O–H groups in total. The average molecular weight is 696 g/mol. The number of hydrogen-bond donors (Lipinski definition) is 3. The maximum absolute atomic E-state index is 13.1. The molecule has 250 valence electrons. The maximum atomic E-state index is 13.1. The number of nitrogens with one attached hydrogen (secondary N) is 2. The zero-order valence-corrected chi connectivity index (χ0v) is 28.5. The molecule has 1 aromatic carbocycles. The molecule has 2 aliphatic rings. The van der Waals surface area contributed by atoms with Crippen molar-refractivity contribution in [3.63, 3.8) is 0 Å². The van der Waals surface area contributed by atoms with Gasteiger partial charge in [-0.05, 0) is 87.4 Å². The normalized spacial score (nSPS) is 18.4. The van der Waals surface area contributed by atoms with Crippen LogP contribution in [0.15, 0.2) is 23.6 Å². The molecule has 2 atom stereocenters. The van der Waals surface area contributed by atoms with Crippen molar-refractivity contribution in [3.05, 3.63) is 39.2 Å². The molecule has 11 nitrogen and oxygen atoms in total. The summed E-state index contributed by atoms with van der Waals surface area (Å²) in [5.74, 6) is -2.52. The molecule has 2 saturated heterocycles. The first-order valence-electron chi connectivity index (χ1n) is 15.3. The Morgan fingerprint density at radius 3 is 2.46 bits per heavy atom. The average Bonchev–Trinajstić information content (AvgIpc) is 3.48. The van der Waals surface area contributed by atoms with Crippen molar-refractivity contribution < 1.29 is 33.8 Å². The minimum atomic E-state index is -1.13. The van der Waals surface area contributed by atoms with Crippen molar-refractivity contribution in [2.45, 2.75) is 77.0 Å². The van der Waals surface area contributed by atoms with Gasteiger partial charge >= 0.3 is 12.1 Å². The van der Waals surface area contributed by atoms with Crippen LogP contribution in [0.2, 0.25) is 10.0 Å². The van der Waals surface area contributed by atoms with E-state index in [1.54, 1.807) is 31.7 Å². The Balaban J connectivity index is 1.29. The second-order valence-corrected chi connectivity index (χ2v) is 14.3. The molecule has 0 bridgehead atoms. The number of carboxylic acids is 1. The third-order valence-electron chi connectivity index (χ3n) is 7.96. The van der Waals surface area contributed by atoms with E-state index >= 15 is 0 Å². The molecule has 4 amide bonds. The number of carbonyl (C=O) groups is 5. The first-order valence-corrected chi connectivity index (χ1v) is 17.0. The molecule has 46 heavy (non-hydrogen) atoms. The molecule has 0 spiro atoms. The minimum Gasteiger partial charge on any atom is -0.481 e. The quantitative estimate of drug-likeness (QED) is 0.301. The number of ether oxygens (including phenoxy) is 1. The van der Waals surface area contributed by atoms with E-state index in [0.29, 0.717) is 54.5 Å². The van der Waals surface area contributed by atoms with Crippen molar-refractivity contribution in [2.75, 3.05) is 26.2 Å². The Morgan fingerprint density at radius 1 is 1.07 bits per heavy atom. The van der Waals surface area contributed by atoms with E-state index in [1.807, 2.05) is 17.5 Å². The first-order chi connectivity index (χ1) is 21.7. The highest BCUT2D eigenvalue weighted by atomic mass is 35.5. The molecule has 1 aromatic heterocycles. The number of piperidine rings is 2. The molecular weight excluding hydrogens is 655 g/mol. The van der Waals surface area contributed by atoms with Gasteiger partial charge in [-0.2, -0.15) is 0 Å². The predicted octanol–water partition coefficient (Wildman–Crippen LogP) is 5.33. The maximum Gasteiger partial charge on any atom is 0.410 e. The predicted molar refractivity (Wildman–Crippen MR) is 178 cm³/mol. The molecule has 2 unspecified atom stereocenters. The number of hydrogen-bond acceptors (Lipinski definition) is 7. The van der Waals surface area contributed by atoms with E-state index in [2.05, 4.69) is 10.6 Å². The van der Waals surface area contributed by atoms with E-state index < -0.39 is 48.0 Å². The fourth-order valence-electron chi connectivity index (χ4n) is 5.61. The third-order valence-corrected chi connectivity index (χ3v) is 9.90. The summed E-state index contributed by atoms with van der Waals surface area (Å²) < 4.78 is 6.35. The Morgan fingerprint density at radius 2 is 1.78 bits per heavy atom. The Kier molecular flexibility index (Phi) is 12.0. The standard InChI is InChI=1S/C32H40Cl2N4O7S/c1-32(2,3)45-31(44)38-12-5-4-6-23(38)30(43)35-18-22(17-25(40)41)36-29(42)19-9-13-37(14-10-19)24(39)8-7-20-16-21-11-15-46-28(21)27(34)26(20)33/h7-8,11,15-16,19,22-23H,4-6,9-10,12-14,17-18H2,1-3H3,(H,35,43)(H,36,42)(H,40,41). The molecule has 0 saturated carbocycles. The second-order valence-electron chi connectivity index (χ2n) is 12.6. The lowest BCUT2D eigenvalue weighted by atomic mass is 9.95. The van der Waals surface area contributed by atoms with E-state index in [9.17, 15) is 29.1 Å². The number of likely N-dealkylation sites (tertiary alicyclic amines) is 2. The summed E-state index contributed by atoms with van der Waals surface area (Å²) >= 11 is 14.3. The van der Waals surface area contributed by atoms with Gasteiger partial charge in [-0.25, -0.2) is 4.79 Å². The number of amides is 4. The fraction of sp³-hybridized carbons (Fsp3) is 0.531. The molecule has 4 rings (SSSR count). The summed E-state index contributed by atoms with van der Waals surface area (Å²) in [4.78, 5) is 66.4. The summed E-state index contributed by atoms with van der Waals surface area (Å²) in [5, 5.41) is 18.6. The van der Waals surface area contributed by atoms with Crippen LogP contribution in [0.3, 0.4) is 0 Å². The number of carbonyl (C=O) groups excluding carboxylic acids is 4. The fourth-order valence-corrected chi connectivity index (χ4v) is 7.05. The number of thiophene rings is 1. The highest BCUT2D eigenvalue weighted by molar-refractivity contribution is 7.18. The van der Waals surface area contributed by atoms with Crippen LogP contribution >= 0.6 is 34.5 Å². The van der Waals surface area contributed by atoms with E-state index in [-0.39, 0.29) is 18.4 Å². The van der Waals surface area contributed by atoms with Gasteiger partial charge in [0.1, 0.15) is 11.6 Å². The minimum absolute atomic E-state index is 0.110. The molecule has 2 aromatic rings. The lowest BCUT2D eigenvalue weighted by Gasteiger charge is -2.36. The topological polar surface area (TPSA) is 145 Å². The van der Waals surface area contributed by atoms with Gasteiger partial charge < -0.3 is 25.4 Å². The van der Waals surface area contributed by atoms with E-state index in [0.717, 1.165) is 22.9 Å². The highest BCUT2D eigenvalue weighted by Crippen LogP contribution is 2.37. The lowest BCUT2D eigenvalue weighted by Crippen LogP contribution is -2.55. The van der Waals surface area contributed by atoms with Crippen molar-refractivity contribution in [1.29, 1.82) is 0 Å². The van der Waals surface area contributed by atoms with Crippen LogP contribution in [0.1, 0.15) is 64.9 Å². The largest absolute Gasteiger partial charge is 0.481 e. The molecule has 14 heteroatoms. The number of halogens is 2. The van der Waals surface area contributed by atoms with Crippen LogP contribution in [-0.4, -0.2) is 88.6 Å². The summed E-state index contributed by atoms with van der Waals surface area (Å²) in [7, 11) is 0. The monoisotopic (exact) mass is 694 g/mol. The van der Waals surface area contributed by atoms with E-state index in [4.69, 9.17) is 27.9 Å². The van der Waals surface area contributed by atoms with Crippen molar-refractivity contribution in [2.24, 2.45) is 5.92 Å². The molecule has 3 heterocycles. The zero-order valence-electron chi connectivity index (χ0n) is 26.1. The SMILES string of the molecule is CC(C)(C)OC(=O)N1CCCCC1C(=O)NCC(CC(=O)O)NC(=O)C1CCN(C(=O)C=Cc2cc3ccsc3c(Cl)c2Cl)CC1. The molecule has 0 aliphatic carbocycles. The van der Waals surface area contributed by atoms with Crippen LogP contribution in [-0.2, 0) is 23.9 Å². The van der Waals surface area contributed by atoms with Crippen molar-refractivity contribution in [3.8, 4) is 0 Å². The number of aliphatic carboxylic acids is 1. The number of nitrogens with zero attached hydrogens (tertiary/aromatic N) is 2. The first kappa shape index (κ1) is 35.5. The summed E-state index contributed by atoms with van der Waals surface area (Å²) in [5.41, 5.74) is -0.0763. The number of rotatable bonds is 9. The number of carboxylic acid groups (broad SMARTS) is 1. The van der Waals surface area contributed by atoms with Gasteiger partial charge in [0.15, 0.2) is 0 Å². The Labute approximate surface area is 282 Å². The summed E-state index contributed by atoms with van der Waals surface area (Å²) in [6.07, 6.45) is 4.88. The molecular formula is C32H40Cl2N4O7S. The molecule has 2 aliphatic heterocycles.